The maximum Gasteiger partial charge on any atom is 0.160 e. The third-order valence-corrected chi connectivity index (χ3v) is 12.8. The van der Waals surface area contributed by atoms with E-state index in [9.17, 15) is 5.41 Å². The SMILES string of the molecule is N=C(/C(=C1\NC(c2ccccc2)=Cc2ccc(-c3cccc(-c4cc(-c5cccc(-n6c7ccccc7c7ccccc76)c5)nc(-c5ccccc5)n4)c3)cc21)c1ccccc1)c1ccccc1. The van der Waals surface area contributed by atoms with Crippen molar-refractivity contribution in [2.45, 2.75) is 0 Å². The molecule has 3 heterocycles. The van der Waals surface area contributed by atoms with Crippen LogP contribution in [0.2, 0.25) is 0 Å². The Balaban J connectivity index is 0.994. The largest absolute Gasteiger partial charge is 0.354 e. The van der Waals surface area contributed by atoms with Crippen LogP contribution in [0.1, 0.15) is 27.8 Å². The minimum atomic E-state index is 0.446. The Bertz CT molecular complexity index is 3700. The molecule has 0 atom stereocenters. The second-order valence-electron chi connectivity index (χ2n) is 17.0. The number of nitrogens with zero attached hydrogens (tertiary/aromatic N) is 3. The lowest BCUT2D eigenvalue weighted by molar-refractivity contribution is 1.16. The summed E-state index contributed by atoms with van der Waals surface area (Å²) in [4.78, 5) is 10.5. The summed E-state index contributed by atoms with van der Waals surface area (Å²) in [7, 11) is 0. The Kier molecular flexibility index (Phi) is 10.3. The second kappa shape index (κ2) is 17.3. The summed E-state index contributed by atoms with van der Waals surface area (Å²) >= 11 is 0. The number of benzene rings is 9. The van der Waals surface area contributed by atoms with Crippen molar-refractivity contribution in [3.63, 3.8) is 0 Å². The third kappa shape index (κ3) is 7.48. The van der Waals surface area contributed by atoms with Crippen molar-refractivity contribution in [3.8, 4) is 50.7 Å². The van der Waals surface area contributed by atoms with Crippen LogP contribution in [0.5, 0.6) is 0 Å². The lowest BCUT2D eigenvalue weighted by atomic mass is 9.86. The molecule has 0 aliphatic carbocycles. The van der Waals surface area contributed by atoms with E-state index in [-0.39, 0.29) is 0 Å². The van der Waals surface area contributed by atoms with Crippen LogP contribution in [-0.2, 0) is 0 Å². The van der Waals surface area contributed by atoms with Crippen molar-refractivity contribution in [2.75, 3.05) is 0 Å². The van der Waals surface area contributed by atoms with Gasteiger partial charge in [-0.2, -0.15) is 0 Å². The molecule has 2 N–H and O–H groups in total. The highest BCUT2D eigenvalue weighted by molar-refractivity contribution is 6.36. The monoisotopic (exact) mass is 869 g/mol. The van der Waals surface area contributed by atoms with Crippen molar-refractivity contribution < 1.29 is 0 Å². The molecule has 0 fully saturated rings. The molecule has 0 radical (unpaired) electrons. The number of aromatic nitrogens is 3. The Morgan fingerprint density at radius 1 is 0.412 bits per heavy atom. The first kappa shape index (κ1) is 40.3. The predicted molar refractivity (Wildman–Crippen MR) is 282 cm³/mol. The third-order valence-electron chi connectivity index (χ3n) is 12.8. The summed E-state index contributed by atoms with van der Waals surface area (Å²) in [6, 6.07) is 84.2. The molecule has 5 nitrogen and oxygen atoms in total. The van der Waals surface area contributed by atoms with Crippen molar-refractivity contribution in [1.82, 2.24) is 19.9 Å². The van der Waals surface area contributed by atoms with Crippen LogP contribution in [0.15, 0.2) is 243 Å². The first-order valence-corrected chi connectivity index (χ1v) is 22.9. The molecule has 9 aromatic carbocycles. The van der Waals surface area contributed by atoms with Crippen LogP contribution in [-0.4, -0.2) is 20.2 Å². The normalized spacial score (nSPS) is 12.9. The van der Waals surface area contributed by atoms with Gasteiger partial charge >= 0.3 is 0 Å². The van der Waals surface area contributed by atoms with Gasteiger partial charge in [-0.3, -0.25) is 5.41 Å². The molecule has 0 unspecified atom stereocenters. The molecule has 5 heteroatoms. The van der Waals surface area contributed by atoms with Crippen LogP contribution in [0.3, 0.4) is 0 Å². The average Bonchev–Trinajstić information content (AvgIpc) is 3.76. The van der Waals surface area contributed by atoms with E-state index in [2.05, 4.69) is 186 Å². The Morgan fingerprint density at radius 3 is 1.59 bits per heavy atom. The molecule has 0 bridgehead atoms. The molecule has 12 rings (SSSR count). The standard InChI is InChI=1S/C63H43N5/c64-61(44-23-9-3-10-24-44)60(43-21-7-2-8-22-43)62-54-39-47(35-36-48(54)40-55(65-62)42-19-5-1-6-20-42)46-27-17-28-49(37-46)56-41-57(67-63(66-56)45-25-11-4-12-26-45)50-29-18-30-51(38-50)68-58-33-15-13-31-52(58)53-32-14-16-34-59(53)68/h1-41,64-65H/b62-60-,64-61?. The van der Waals surface area contributed by atoms with Crippen LogP contribution < -0.4 is 5.32 Å². The number of rotatable bonds is 9. The van der Waals surface area contributed by atoms with Gasteiger partial charge < -0.3 is 9.88 Å². The number of para-hydroxylation sites is 2. The lowest BCUT2D eigenvalue weighted by Crippen LogP contribution is -2.20. The molecule has 0 saturated heterocycles. The number of fused-ring (bicyclic) bond motifs is 4. The summed E-state index contributed by atoms with van der Waals surface area (Å²) < 4.78 is 2.35. The zero-order chi connectivity index (χ0) is 45.4. The van der Waals surface area contributed by atoms with Gasteiger partial charge in [0.05, 0.1) is 33.8 Å². The summed E-state index contributed by atoms with van der Waals surface area (Å²) in [5, 5.41) is 16.1. The fourth-order valence-corrected chi connectivity index (χ4v) is 9.53. The molecule has 11 aromatic rings. The maximum absolute atomic E-state index is 9.75. The van der Waals surface area contributed by atoms with Crippen LogP contribution in [0, 0.1) is 5.41 Å². The van der Waals surface area contributed by atoms with Gasteiger partial charge in [0.15, 0.2) is 5.82 Å². The van der Waals surface area contributed by atoms with E-state index in [0.717, 1.165) is 101 Å². The molecule has 68 heavy (non-hydrogen) atoms. The maximum atomic E-state index is 9.75. The van der Waals surface area contributed by atoms with Crippen LogP contribution >= 0.6 is 0 Å². The van der Waals surface area contributed by atoms with Gasteiger partial charge in [0.1, 0.15) is 0 Å². The van der Waals surface area contributed by atoms with Crippen molar-refractivity contribution in [3.05, 3.63) is 270 Å². The van der Waals surface area contributed by atoms with E-state index in [4.69, 9.17) is 9.97 Å². The minimum absolute atomic E-state index is 0.446. The zero-order valence-electron chi connectivity index (χ0n) is 37.0. The fraction of sp³-hybridized carbons (Fsp3) is 0. The van der Waals surface area contributed by atoms with Gasteiger partial charge in [0, 0.05) is 55.5 Å². The van der Waals surface area contributed by atoms with Gasteiger partial charge in [0.25, 0.3) is 0 Å². The summed E-state index contributed by atoms with van der Waals surface area (Å²) in [6.07, 6.45) is 2.22. The molecular formula is C63H43N5. The van der Waals surface area contributed by atoms with E-state index in [0.29, 0.717) is 11.5 Å². The quantitative estimate of drug-likeness (QED) is 0.142. The average molecular weight is 870 g/mol. The zero-order valence-corrected chi connectivity index (χ0v) is 37.0. The summed E-state index contributed by atoms with van der Waals surface area (Å²) in [5.41, 5.74) is 18.2. The van der Waals surface area contributed by atoms with E-state index in [1.54, 1.807) is 0 Å². The smallest absolute Gasteiger partial charge is 0.160 e. The number of nitrogens with one attached hydrogen (secondary N) is 2. The van der Waals surface area contributed by atoms with Crippen LogP contribution in [0.4, 0.5) is 0 Å². The molecule has 320 valence electrons. The topological polar surface area (TPSA) is 66.6 Å². The Morgan fingerprint density at radius 2 is 0.926 bits per heavy atom. The molecule has 1 aliphatic rings. The van der Waals surface area contributed by atoms with Gasteiger partial charge in [-0.1, -0.05) is 200 Å². The number of hydrogen-bond donors (Lipinski definition) is 2. The van der Waals surface area contributed by atoms with Gasteiger partial charge in [-0.15, -0.1) is 0 Å². The lowest BCUT2D eigenvalue weighted by Gasteiger charge is -2.27. The Hall–Kier alpha value is -9.19. The number of hydrogen-bond acceptors (Lipinski definition) is 4. The Labute approximate surface area is 395 Å². The highest BCUT2D eigenvalue weighted by atomic mass is 15.0. The first-order chi connectivity index (χ1) is 33.6. The fourth-order valence-electron chi connectivity index (χ4n) is 9.53. The molecule has 0 spiro atoms. The summed E-state index contributed by atoms with van der Waals surface area (Å²) in [6.45, 7) is 0. The molecule has 2 aromatic heterocycles. The van der Waals surface area contributed by atoms with E-state index < -0.39 is 0 Å². The molecule has 1 aliphatic heterocycles. The van der Waals surface area contributed by atoms with Crippen molar-refractivity contribution in [1.29, 1.82) is 5.41 Å². The van der Waals surface area contributed by atoms with Crippen molar-refractivity contribution in [2.24, 2.45) is 0 Å². The van der Waals surface area contributed by atoms with Crippen LogP contribution in [0.25, 0.3) is 95.6 Å². The molecule has 0 saturated carbocycles. The van der Waals surface area contributed by atoms with Gasteiger partial charge in [-0.25, -0.2) is 9.97 Å². The van der Waals surface area contributed by atoms with Gasteiger partial charge in [-0.05, 0) is 76.4 Å². The minimum Gasteiger partial charge on any atom is -0.354 e. The van der Waals surface area contributed by atoms with E-state index in [1.807, 2.05) is 72.8 Å². The van der Waals surface area contributed by atoms with Gasteiger partial charge in [0.2, 0.25) is 0 Å². The van der Waals surface area contributed by atoms with E-state index >= 15 is 0 Å². The number of allylic oxidation sites excluding steroid dienone is 1. The highest BCUT2D eigenvalue weighted by Gasteiger charge is 2.25. The first-order valence-electron chi connectivity index (χ1n) is 22.9. The molecule has 0 amide bonds. The van der Waals surface area contributed by atoms with E-state index in [1.165, 1.54) is 10.8 Å². The highest BCUT2D eigenvalue weighted by Crippen LogP contribution is 2.40. The predicted octanol–water partition coefficient (Wildman–Crippen LogP) is 15.3. The molecular weight excluding hydrogens is 827 g/mol. The van der Waals surface area contributed by atoms with Crippen molar-refractivity contribution >= 4 is 50.6 Å². The second-order valence-corrected chi connectivity index (χ2v) is 17.0. The summed E-state index contributed by atoms with van der Waals surface area (Å²) in [5.74, 6) is 0.663.